The van der Waals surface area contributed by atoms with Gasteiger partial charge < -0.3 is 15.4 Å². The lowest BCUT2D eigenvalue weighted by Gasteiger charge is -2.09. The van der Waals surface area contributed by atoms with Crippen LogP contribution in [-0.2, 0) is 6.61 Å². The van der Waals surface area contributed by atoms with Gasteiger partial charge in [-0.15, -0.1) is 0 Å². The van der Waals surface area contributed by atoms with Crippen molar-refractivity contribution in [1.82, 2.24) is 9.97 Å². The van der Waals surface area contributed by atoms with Crippen molar-refractivity contribution in [2.24, 2.45) is 0 Å². The summed E-state index contributed by atoms with van der Waals surface area (Å²) >= 11 is 0. The van der Waals surface area contributed by atoms with Crippen LogP contribution in [0.5, 0.6) is 5.75 Å². The fourth-order valence-corrected chi connectivity index (χ4v) is 2.36. The number of hydrogen-bond donors (Lipinski definition) is 2. The fourth-order valence-electron chi connectivity index (χ4n) is 2.36. The second kappa shape index (κ2) is 8.80. The number of amides is 1. The lowest BCUT2D eigenvalue weighted by atomic mass is 10.2. The summed E-state index contributed by atoms with van der Waals surface area (Å²) in [6, 6.07) is 17.4. The standard InChI is InChI=1S/C21H22N4O2/c1-15(2)24-21-22-12-17(13-23-21)20(26)25-18-8-10-19(11-9-18)27-14-16-6-4-3-5-7-16/h3-13,15H,14H2,1-2H3,(H,25,26)(H,22,23,24). The molecule has 3 rings (SSSR count). The van der Waals surface area contributed by atoms with Crippen LogP contribution in [-0.4, -0.2) is 21.9 Å². The van der Waals surface area contributed by atoms with Crippen molar-refractivity contribution in [3.05, 3.63) is 78.1 Å². The Morgan fingerprint density at radius 3 is 2.30 bits per heavy atom. The molecule has 0 fully saturated rings. The highest BCUT2D eigenvalue weighted by atomic mass is 16.5. The van der Waals surface area contributed by atoms with E-state index < -0.39 is 0 Å². The second-order valence-corrected chi connectivity index (χ2v) is 6.35. The summed E-state index contributed by atoms with van der Waals surface area (Å²) in [5.74, 6) is 0.981. The Morgan fingerprint density at radius 2 is 1.67 bits per heavy atom. The van der Waals surface area contributed by atoms with Gasteiger partial charge in [-0.1, -0.05) is 30.3 Å². The third kappa shape index (κ3) is 5.54. The van der Waals surface area contributed by atoms with Crippen molar-refractivity contribution in [2.45, 2.75) is 26.5 Å². The van der Waals surface area contributed by atoms with Gasteiger partial charge in [0.25, 0.3) is 5.91 Å². The van der Waals surface area contributed by atoms with Gasteiger partial charge in [-0.05, 0) is 43.7 Å². The van der Waals surface area contributed by atoms with Crippen LogP contribution in [0.3, 0.4) is 0 Å². The van der Waals surface area contributed by atoms with Crippen molar-refractivity contribution < 1.29 is 9.53 Å². The number of rotatable bonds is 7. The van der Waals surface area contributed by atoms with Gasteiger partial charge in [0.05, 0.1) is 5.56 Å². The van der Waals surface area contributed by atoms with Crippen LogP contribution in [0, 0.1) is 0 Å². The first-order valence-corrected chi connectivity index (χ1v) is 8.77. The van der Waals surface area contributed by atoms with Gasteiger partial charge in [0.1, 0.15) is 12.4 Å². The number of benzene rings is 2. The third-order valence-electron chi connectivity index (χ3n) is 3.69. The highest BCUT2D eigenvalue weighted by Crippen LogP contribution is 2.18. The van der Waals surface area contributed by atoms with Gasteiger partial charge in [0.2, 0.25) is 5.95 Å². The van der Waals surface area contributed by atoms with Gasteiger partial charge in [0.15, 0.2) is 0 Å². The largest absolute Gasteiger partial charge is 0.489 e. The molecule has 0 aliphatic heterocycles. The van der Waals surface area contributed by atoms with E-state index in [1.807, 2.05) is 56.3 Å². The number of nitrogens with one attached hydrogen (secondary N) is 2. The highest BCUT2D eigenvalue weighted by Gasteiger charge is 2.08. The van der Waals surface area contributed by atoms with Gasteiger partial charge in [0, 0.05) is 24.1 Å². The lowest BCUT2D eigenvalue weighted by Crippen LogP contribution is -2.15. The molecule has 0 saturated carbocycles. The number of aromatic nitrogens is 2. The summed E-state index contributed by atoms with van der Waals surface area (Å²) in [6.45, 7) is 4.50. The number of anilines is 2. The molecule has 0 spiro atoms. The van der Waals surface area contributed by atoms with E-state index in [0.717, 1.165) is 11.3 Å². The van der Waals surface area contributed by atoms with Crippen LogP contribution in [0.2, 0.25) is 0 Å². The summed E-state index contributed by atoms with van der Waals surface area (Å²) in [5.41, 5.74) is 2.18. The monoisotopic (exact) mass is 362 g/mol. The first-order chi connectivity index (χ1) is 13.1. The number of carbonyl (C=O) groups excluding carboxylic acids is 1. The maximum atomic E-state index is 12.3. The van der Waals surface area contributed by atoms with E-state index >= 15 is 0 Å². The Labute approximate surface area is 158 Å². The van der Waals surface area contributed by atoms with E-state index in [2.05, 4.69) is 20.6 Å². The van der Waals surface area contributed by atoms with Gasteiger partial charge in [-0.2, -0.15) is 0 Å². The van der Waals surface area contributed by atoms with Crippen LogP contribution in [0.15, 0.2) is 67.0 Å². The summed E-state index contributed by atoms with van der Waals surface area (Å²) in [7, 11) is 0. The van der Waals surface area contributed by atoms with E-state index in [-0.39, 0.29) is 11.9 Å². The normalized spacial score (nSPS) is 10.5. The van der Waals surface area contributed by atoms with E-state index in [0.29, 0.717) is 23.8 Å². The molecule has 1 aromatic heterocycles. The number of ether oxygens (including phenoxy) is 1. The van der Waals surface area contributed by atoms with Crippen molar-refractivity contribution >= 4 is 17.5 Å². The molecule has 0 unspecified atom stereocenters. The first kappa shape index (κ1) is 18.4. The summed E-state index contributed by atoms with van der Waals surface area (Å²) < 4.78 is 5.74. The maximum Gasteiger partial charge on any atom is 0.258 e. The van der Waals surface area contributed by atoms with E-state index in [4.69, 9.17) is 4.74 Å². The summed E-state index contributed by atoms with van der Waals surface area (Å²) in [4.78, 5) is 20.6. The average molecular weight is 362 g/mol. The van der Waals surface area contributed by atoms with Crippen LogP contribution in [0.25, 0.3) is 0 Å². The molecule has 0 saturated heterocycles. The minimum absolute atomic E-state index is 0.229. The number of carbonyl (C=O) groups is 1. The summed E-state index contributed by atoms with van der Waals surface area (Å²) in [5, 5.41) is 5.91. The zero-order chi connectivity index (χ0) is 19.1. The Bertz CT molecular complexity index is 863. The molecule has 0 radical (unpaired) electrons. The zero-order valence-electron chi connectivity index (χ0n) is 15.3. The predicted octanol–water partition coefficient (Wildman–Crippen LogP) is 4.13. The van der Waals surface area contributed by atoms with Crippen molar-refractivity contribution in [1.29, 1.82) is 0 Å². The number of hydrogen-bond acceptors (Lipinski definition) is 5. The second-order valence-electron chi connectivity index (χ2n) is 6.35. The van der Waals surface area contributed by atoms with Crippen molar-refractivity contribution in [3.8, 4) is 5.75 Å². The molecule has 0 bridgehead atoms. The smallest absolute Gasteiger partial charge is 0.258 e. The molecule has 3 aromatic rings. The topological polar surface area (TPSA) is 76.1 Å². The van der Waals surface area contributed by atoms with E-state index in [1.54, 1.807) is 12.1 Å². The molecule has 0 aliphatic carbocycles. The van der Waals surface area contributed by atoms with Crippen LogP contribution in [0.4, 0.5) is 11.6 Å². The molecule has 1 amide bonds. The number of nitrogens with zero attached hydrogens (tertiary/aromatic N) is 2. The molecular weight excluding hydrogens is 340 g/mol. The predicted molar refractivity (Wildman–Crippen MR) is 106 cm³/mol. The third-order valence-corrected chi connectivity index (χ3v) is 3.69. The Balaban J connectivity index is 1.55. The molecule has 2 aromatic carbocycles. The fraction of sp³-hybridized carbons (Fsp3) is 0.190. The molecule has 2 N–H and O–H groups in total. The van der Waals surface area contributed by atoms with Crippen molar-refractivity contribution in [3.63, 3.8) is 0 Å². The molecule has 6 heteroatoms. The molecule has 0 aliphatic rings. The molecule has 138 valence electrons. The molecule has 6 nitrogen and oxygen atoms in total. The molecule has 1 heterocycles. The first-order valence-electron chi connectivity index (χ1n) is 8.77. The molecule has 27 heavy (non-hydrogen) atoms. The van der Waals surface area contributed by atoms with Crippen LogP contribution < -0.4 is 15.4 Å². The van der Waals surface area contributed by atoms with Crippen LogP contribution in [0.1, 0.15) is 29.8 Å². The van der Waals surface area contributed by atoms with E-state index in [9.17, 15) is 4.79 Å². The highest BCUT2D eigenvalue weighted by molar-refractivity contribution is 6.03. The van der Waals surface area contributed by atoms with Crippen LogP contribution >= 0.6 is 0 Å². The quantitative estimate of drug-likeness (QED) is 0.661. The van der Waals surface area contributed by atoms with E-state index in [1.165, 1.54) is 12.4 Å². The Morgan fingerprint density at radius 1 is 1.00 bits per heavy atom. The summed E-state index contributed by atoms with van der Waals surface area (Å²) in [6.07, 6.45) is 3.01. The zero-order valence-corrected chi connectivity index (χ0v) is 15.3. The molecular formula is C21H22N4O2. The minimum Gasteiger partial charge on any atom is -0.489 e. The molecule has 0 atom stereocenters. The lowest BCUT2D eigenvalue weighted by molar-refractivity contribution is 0.102. The minimum atomic E-state index is -0.260. The SMILES string of the molecule is CC(C)Nc1ncc(C(=O)Nc2ccc(OCc3ccccc3)cc2)cn1. The van der Waals surface area contributed by atoms with Gasteiger partial charge in [-0.3, -0.25) is 4.79 Å². The Kier molecular flexibility index (Phi) is 5.99. The van der Waals surface area contributed by atoms with Crippen molar-refractivity contribution in [2.75, 3.05) is 10.6 Å². The maximum absolute atomic E-state index is 12.3. The van der Waals surface area contributed by atoms with Gasteiger partial charge >= 0.3 is 0 Å². The average Bonchev–Trinajstić information content (AvgIpc) is 2.68. The Hall–Kier alpha value is -3.41. The van der Waals surface area contributed by atoms with Gasteiger partial charge in [-0.25, -0.2) is 9.97 Å².